The fraction of sp³-hybridized carbons (Fsp3) is 0.217. The van der Waals surface area contributed by atoms with Gasteiger partial charge in [0.05, 0.1) is 7.11 Å². The van der Waals surface area contributed by atoms with Gasteiger partial charge in [0.2, 0.25) is 0 Å². The highest BCUT2D eigenvalue weighted by Gasteiger charge is 2.11. The molecule has 146 valence electrons. The number of rotatable bonds is 9. The van der Waals surface area contributed by atoms with E-state index in [4.69, 9.17) is 32.7 Å². The molecule has 0 aliphatic heterocycles. The van der Waals surface area contributed by atoms with Crippen LogP contribution < -0.4 is 14.8 Å². The van der Waals surface area contributed by atoms with Crippen LogP contribution in [0.1, 0.15) is 16.7 Å². The van der Waals surface area contributed by atoms with E-state index in [0.29, 0.717) is 34.7 Å². The fourth-order valence-corrected chi connectivity index (χ4v) is 3.27. The molecule has 0 atom stereocenters. The van der Waals surface area contributed by atoms with Crippen LogP contribution >= 0.6 is 23.2 Å². The van der Waals surface area contributed by atoms with Gasteiger partial charge in [-0.2, -0.15) is 0 Å². The van der Waals surface area contributed by atoms with Crippen LogP contribution in [0, 0.1) is 0 Å². The molecule has 0 spiro atoms. The van der Waals surface area contributed by atoms with E-state index in [0.717, 1.165) is 24.1 Å². The minimum Gasteiger partial charge on any atom is -0.493 e. The number of hydrogen-bond acceptors (Lipinski definition) is 3. The standard InChI is InChI=1S/C23H23Cl2NO2/c1-27-22-13-19(15-26-12-11-17-7-3-2-4-8-17)21(25)14-23(22)28-16-18-9-5-6-10-20(18)24/h2-10,13-14,26H,11-12,15-16H2,1H3. The maximum absolute atomic E-state index is 6.47. The number of benzene rings is 3. The number of methoxy groups -OCH3 is 1. The van der Waals surface area contributed by atoms with Crippen LogP contribution in [-0.4, -0.2) is 13.7 Å². The van der Waals surface area contributed by atoms with Crippen molar-refractivity contribution in [2.75, 3.05) is 13.7 Å². The van der Waals surface area contributed by atoms with Crippen LogP contribution in [0.3, 0.4) is 0 Å². The molecule has 0 aromatic heterocycles. The zero-order chi connectivity index (χ0) is 19.8. The van der Waals surface area contributed by atoms with Crippen LogP contribution in [0.5, 0.6) is 11.5 Å². The molecular weight excluding hydrogens is 393 g/mol. The minimum absolute atomic E-state index is 0.348. The summed E-state index contributed by atoms with van der Waals surface area (Å²) >= 11 is 12.7. The third-order valence-electron chi connectivity index (χ3n) is 4.42. The van der Waals surface area contributed by atoms with Crippen molar-refractivity contribution in [2.45, 2.75) is 19.6 Å². The van der Waals surface area contributed by atoms with Gasteiger partial charge in [0.25, 0.3) is 0 Å². The molecule has 3 nitrogen and oxygen atoms in total. The molecule has 0 saturated carbocycles. The Hall–Kier alpha value is -2.20. The Labute approximate surface area is 176 Å². The van der Waals surface area contributed by atoms with E-state index >= 15 is 0 Å². The van der Waals surface area contributed by atoms with Gasteiger partial charge < -0.3 is 14.8 Å². The van der Waals surface area contributed by atoms with Gasteiger partial charge in [0.1, 0.15) is 6.61 Å². The maximum Gasteiger partial charge on any atom is 0.163 e. The number of hydrogen-bond donors (Lipinski definition) is 1. The normalized spacial score (nSPS) is 10.7. The van der Waals surface area contributed by atoms with E-state index in [1.54, 1.807) is 13.2 Å². The average Bonchev–Trinajstić information content (AvgIpc) is 2.72. The molecule has 0 radical (unpaired) electrons. The van der Waals surface area contributed by atoms with Crippen LogP contribution in [0.2, 0.25) is 10.0 Å². The number of nitrogens with one attached hydrogen (secondary N) is 1. The summed E-state index contributed by atoms with van der Waals surface area (Å²) in [5, 5.41) is 4.74. The van der Waals surface area contributed by atoms with Gasteiger partial charge in [0, 0.05) is 28.2 Å². The van der Waals surface area contributed by atoms with Crippen LogP contribution in [0.25, 0.3) is 0 Å². The van der Waals surface area contributed by atoms with Gasteiger partial charge in [-0.15, -0.1) is 0 Å². The highest BCUT2D eigenvalue weighted by molar-refractivity contribution is 6.31. The summed E-state index contributed by atoms with van der Waals surface area (Å²) in [6.07, 6.45) is 0.967. The summed E-state index contributed by atoms with van der Waals surface area (Å²) in [7, 11) is 1.62. The van der Waals surface area contributed by atoms with E-state index in [-0.39, 0.29) is 0 Å². The van der Waals surface area contributed by atoms with Crippen molar-refractivity contribution in [3.05, 3.63) is 93.5 Å². The summed E-state index contributed by atoms with van der Waals surface area (Å²) in [6.45, 7) is 1.88. The Morgan fingerprint density at radius 2 is 1.57 bits per heavy atom. The second-order valence-corrected chi connectivity index (χ2v) is 7.20. The molecule has 28 heavy (non-hydrogen) atoms. The van der Waals surface area contributed by atoms with Crippen molar-refractivity contribution in [2.24, 2.45) is 0 Å². The van der Waals surface area contributed by atoms with E-state index in [2.05, 4.69) is 29.6 Å². The van der Waals surface area contributed by atoms with Crippen molar-refractivity contribution in [1.82, 2.24) is 5.32 Å². The van der Waals surface area contributed by atoms with Gasteiger partial charge in [-0.05, 0) is 36.2 Å². The highest BCUT2D eigenvalue weighted by atomic mass is 35.5. The molecule has 0 fully saturated rings. The molecule has 0 aliphatic carbocycles. The molecular formula is C23H23Cl2NO2. The molecule has 0 aliphatic rings. The molecule has 3 aromatic rings. The largest absolute Gasteiger partial charge is 0.493 e. The minimum atomic E-state index is 0.348. The smallest absolute Gasteiger partial charge is 0.163 e. The topological polar surface area (TPSA) is 30.5 Å². The predicted octanol–water partition coefficient (Wildman–Crippen LogP) is 5.91. The van der Waals surface area contributed by atoms with Gasteiger partial charge in [-0.1, -0.05) is 71.7 Å². The summed E-state index contributed by atoms with van der Waals surface area (Å²) in [5.74, 6) is 1.25. The summed E-state index contributed by atoms with van der Waals surface area (Å²) in [6, 6.07) is 21.7. The maximum atomic E-state index is 6.47. The molecule has 3 aromatic carbocycles. The first-order valence-electron chi connectivity index (χ1n) is 9.14. The third-order valence-corrected chi connectivity index (χ3v) is 5.14. The van der Waals surface area contributed by atoms with Crippen LogP contribution in [-0.2, 0) is 19.6 Å². The average molecular weight is 416 g/mol. The lowest BCUT2D eigenvalue weighted by Gasteiger charge is -2.15. The molecule has 0 bridgehead atoms. The Morgan fingerprint density at radius 3 is 2.32 bits per heavy atom. The first-order chi connectivity index (χ1) is 13.7. The number of ether oxygens (including phenoxy) is 2. The second kappa shape index (κ2) is 10.4. The Balaban J connectivity index is 1.60. The van der Waals surface area contributed by atoms with E-state index in [1.807, 2.05) is 36.4 Å². The lowest BCUT2D eigenvalue weighted by Crippen LogP contribution is -2.17. The van der Waals surface area contributed by atoms with E-state index < -0.39 is 0 Å². The fourth-order valence-electron chi connectivity index (χ4n) is 2.86. The Morgan fingerprint density at radius 1 is 0.821 bits per heavy atom. The van der Waals surface area contributed by atoms with Gasteiger partial charge in [-0.25, -0.2) is 0 Å². The van der Waals surface area contributed by atoms with Gasteiger partial charge in [-0.3, -0.25) is 0 Å². The van der Waals surface area contributed by atoms with E-state index in [1.165, 1.54) is 5.56 Å². The first-order valence-corrected chi connectivity index (χ1v) is 9.90. The molecule has 0 unspecified atom stereocenters. The zero-order valence-corrected chi connectivity index (χ0v) is 17.3. The quantitative estimate of drug-likeness (QED) is 0.440. The Bertz CT molecular complexity index is 900. The van der Waals surface area contributed by atoms with E-state index in [9.17, 15) is 0 Å². The molecule has 3 rings (SSSR count). The molecule has 1 N–H and O–H groups in total. The third kappa shape index (κ3) is 5.65. The van der Waals surface area contributed by atoms with Gasteiger partial charge >= 0.3 is 0 Å². The lowest BCUT2D eigenvalue weighted by molar-refractivity contribution is 0.284. The second-order valence-electron chi connectivity index (χ2n) is 6.39. The molecule has 5 heteroatoms. The first kappa shape index (κ1) is 20.5. The van der Waals surface area contributed by atoms with Crippen molar-refractivity contribution in [1.29, 1.82) is 0 Å². The highest BCUT2D eigenvalue weighted by Crippen LogP contribution is 2.34. The zero-order valence-electron chi connectivity index (χ0n) is 15.8. The number of halogens is 2. The lowest BCUT2D eigenvalue weighted by atomic mass is 10.1. The molecule has 0 saturated heterocycles. The summed E-state index contributed by atoms with van der Waals surface area (Å²) in [5.41, 5.74) is 3.19. The SMILES string of the molecule is COc1cc(CNCCc2ccccc2)c(Cl)cc1OCc1ccccc1Cl. The van der Waals surface area contributed by atoms with Crippen LogP contribution in [0.15, 0.2) is 66.7 Å². The van der Waals surface area contributed by atoms with Crippen molar-refractivity contribution in [3.8, 4) is 11.5 Å². The predicted molar refractivity (Wildman–Crippen MR) is 116 cm³/mol. The van der Waals surface area contributed by atoms with Crippen molar-refractivity contribution < 1.29 is 9.47 Å². The Kier molecular flexibility index (Phi) is 7.61. The van der Waals surface area contributed by atoms with Crippen LogP contribution in [0.4, 0.5) is 0 Å². The monoisotopic (exact) mass is 415 g/mol. The molecule has 0 amide bonds. The van der Waals surface area contributed by atoms with Gasteiger partial charge in [0.15, 0.2) is 11.5 Å². The molecule has 0 heterocycles. The van der Waals surface area contributed by atoms with Crippen molar-refractivity contribution in [3.63, 3.8) is 0 Å². The summed E-state index contributed by atoms with van der Waals surface area (Å²) in [4.78, 5) is 0. The van der Waals surface area contributed by atoms with Crippen molar-refractivity contribution >= 4 is 23.2 Å². The summed E-state index contributed by atoms with van der Waals surface area (Å²) < 4.78 is 11.4.